The number of aryl methyl sites for hydroxylation is 1. The van der Waals surface area contributed by atoms with Crippen molar-refractivity contribution >= 4 is 12.6 Å². The van der Waals surface area contributed by atoms with Gasteiger partial charge in [-0.3, -0.25) is 0 Å². The highest BCUT2D eigenvalue weighted by Gasteiger charge is 2.36. The number of halogens is 3. The highest BCUT2D eigenvalue weighted by molar-refractivity contribution is 6.62. The fourth-order valence-corrected chi connectivity index (χ4v) is 1.99. The minimum absolute atomic E-state index is 0.0592. The van der Waals surface area contributed by atoms with Crippen LogP contribution in [0.25, 0.3) is 0 Å². The Bertz CT molecular complexity index is 461. The number of hydrogen-bond acceptors (Lipinski definition) is 2. The summed E-state index contributed by atoms with van der Waals surface area (Å²) in [5.74, 6) is 0. The van der Waals surface area contributed by atoms with Crippen molar-refractivity contribution in [1.29, 1.82) is 0 Å². The monoisotopic (exact) mass is 272 g/mol. The third-order valence-electron chi connectivity index (χ3n) is 3.10. The van der Waals surface area contributed by atoms with Gasteiger partial charge in [-0.05, 0) is 18.5 Å². The molecule has 0 bridgehead atoms. The van der Waals surface area contributed by atoms with Crippen LogP contribution in [0.3, 0.4) is 0 Å². The topological polar surface area (TPSA) is 18.5 Å². The first-order valence-electron chi connectivity index (χ1n) is 6.10. The first-order valence-corrected chi connectivity index (χ1v) is 6.10. The molecule has 1 aliphatic heterocycles. The van der Waals surface area contributed by atoms with Crippen molar-refractivity contribution < 1.29 is 22.5 Å². The van der Waals surface area contributed by atoms with Crippen LogP contribution in [0.1, 0.15) is 25.0 Å². The average molecular weight is 272 g/mol. The molecule has 0 aromatic heterocycles. The quantitative estimate of drug-likeness (QED) is 0.732. The van der Waals surface area contributed by atoms with Gasteiger partial charge in [0, 0.05) is 18.6 Å². The Balaban J connectivity index is 2.19. The molecule has 0 aliphatic carbocycles. The lowest BCUT2D eigenvalue weighted by atomic mass is 9.73. The van der Waals surface area contributed by atoms with Gasteiger partial charge < -0.3 is 9.31 Å². The van der Waals surface area contributed by atoms with E-state index in [1.54, 1.807) is 6.92 Å². The Hall–Kier alpha value is -1.01. The van der Waals surface area contributed by atoms with Crippen molar-refractivity contribution in [2.45, 2.75) is 26.9 Å². The predicted molar refractivity (Wildman–Crippen MR) is 67.3 cm³/mol. The maximum atomic E-state index is 12.6. The fraction of sp³-hybridized carbons (Fsp3) is 0.538. The van der Waals surface area contributed by atoms with Crippen LogP contribution in [0.15, 0.2) is 18.2 Å². The van der Waals surface area contributed by atoms with Gasteiger partial charge >= 0.3 is 13.3 Å². The van der Waals surface area contributed by atoms with Gasteiger partial charge in [0.15, 0.2) is 0 Å². The van der Waals surface area contributed by atoms with Crippen LogP contribution >= 0.6 is 0 Å². The first-order chi connectivity index (χ1) is 8.69. The van der Waals surface area contributed by atoms with E-state index in [1.807, 2.05) is 13.8 Å². The molecule has 1 heterocycles. The van der Waals surface area contributed by atoms with E-state index < -0.39 is 18.9 Å². The highest BCUT2D eigenvalue weighted by atomic mass is 19.4. The van der Waals surface area contributed by atoms with Crippen LogP contribution in [0.4, 0.5) is 13.2 Å². The molecule has 0 saturated carbocycles. The van der Waals surface area contributed by atoms with Gasteiger partial charge in [-0.2, -0.15) is 13.2 Å². The summed E-state index contributed by atoms with van der Waals surface area (Å²) in [7, 11) is -0.574. The third-order valence-corrected chi connectivity index (χ3v) is 3.10. The summed E-state index contributed by atoms with van der Waals surface area (Å²) in [5.41, 5.74) is 0.476. The molecule has 104 valence electrons. The van der Waals surface area contributed by atoms with Crippen LogP contribution in [0.5, 0.6) is 0 Å². The molecule has 0 atom stereocenters. The molecule has 19 heavy (non-hydrogen) atoms. The van der Waals surface area contributed by atoms with Crippen molar-refractivity contribution in [2.24, 2.45) is 5.41 Å². The maximum Gasteiger partial charge on any atom is 0.494 e. The van der Waals surface area contributed by atoms with Crippen LogP contribution in [0.2, 0.25) is 0 Å². The van der Waals surface area contributed by atoms with E-state index in [1.165, 1.54) is 6.07 Å². The SMILES string of the molecule is Cc1cc(C(F)(F)F)ccc1B1OCC(C)(C)CO1. The Labute approximate surface area is 111 Å². The molecule has 0 N–H and O–H groups in total. The maximum absolute atomic E-state index is 12.6. The lowest BCUT2D eigenvalue weighted by molar-refractivity contribution is -0.137. The third kappa shape index (κ3) is 3.31. The van der Waals surface area contributed by atoms with Gasteiger partial charge in [0.1, 0.15) is 0 Å². The van der Waals surface area contributed by atoms with Crippen LogP contribution in [-0.4, -0.2) is 20.3 Å². The molecular weight excluding hydrogens is 256 g/mol. The molecule has 2 rings (SSSR count). The molecule has 1 aromatic rings. The molecule has 0 amide bonds. The van der Waals surface area contributed by atoms with E-state index >= 15 is 0 Å². The van der Waals surface area contributed by atoms with Gasteiger partial charge in [0.05, 0.1) is 5.56 Å². The zero-order chi connectivity index (χ0) is 14.3. The molecule has 1 saturated heterocycles. The Kier molecular flexibility index (Phi) is 3.66. The van der Waals surface area contributed by atoms with Gasteiger partial charge in [-0.15, -0.1) is 0 Å². The summed E-state index contributed by atoms with van der Waals surface area (Å²) in [5, 5.41) is 0. The molecule has 1 aromatic carbocycles. The second-order valence-electron chi connectivity index (χ2n) is 5.69. The number of rotatable bonds is 1. The molecule has 6 heteroatoms. The van der Waals surface area contributed by atoms with Gasteiger partial charge in [0.25, 0.3) is 0 Å². The molecule has 1 fully saturated rings. The van der Waals surface area contributed by atoms with Crippen LogP contribution < -0.4 is 5.46 Å². The lowest BCUT2D eigenvalue weighted by Crippen LogP contribution is -2.48. The summed E-state index contributed by atoms with van der Waals surface area (Å²) in [6.45, 7) is 6.72. The van der Waals surface area contributed by atoms with Gasteiger partial charge in [-0.1, -0.05) is 31.5 Å². The van der Waals surface area contributed by atoms with E-state index in [9.17, 15) is 13.2 Å². The highest BCUT2D eigenvalue weighted by Crippen LogP contribution is 2.29. The summed E-state index contributed by atoms with van der Waals surface area (Å²) < 4.78 is 48.9. The lowest BCUT2D eigenvalue weighted by Gasteiger charge is -2.33. The zero-order valence-electron chi connectivity index (χ0n) is 11.2. The standard InChI is InChI=1S/C13H16BF3O2/c1-9-6-10(13(15,16)17)4-5-11(9)14-18-7-12(2,3)8-19-14/h4-6H,7-8H2,1-3H3. The Morgan fingerprint density at radius 1 is 1.16 bits per heavy atom. The van der Waals surface area contributed by atoms with Crippen molar-refractivity contribution in [3.63, 3.8) is 0 Å². The molecular formula is C13H16BF3O2. The number of hydrogen-bond donors (Lipinski definition) is 0. The molecule has 0 radical (unpaired) electrons. The van der Waals surface area contributed by atoms with Gasteiger partial charge in [0.2, 0.25) is 0 Å². The van der Waals surface area contributed by atoms with E-state index in [-0.39, 0.29) is 5.41 Å². The normalized spacial score (nSPS) is 19.6. The first kappa shape index (κ1) is 14.4. The Morgan fingerprint density at radius 3 is 2.21 bits per heavy atom. The predicted octanol–water partition coefficient (Wildman–Crippen LogP) is 2.78. The fourth-order valence-electron chi connectivity index (χ4n) is 1.99. The number of alkyl halides is 3. The zero-order valence-corrected chi connectivity index (χ0v) is 11.2. The second-order valence-corrected chi connectivity index (χ2v) is 5.69. The van der Waals surface area contributed by atoms with Crippen molar-refractivity contribution in [3.05, 3.63) is 29.3 Å². The molecule has 2 nitrogen and oxygen atoms in total. The molecule has 1 aliphatic rings. The molecule has 0 spiro atoms. The smallest absolute Gasteiger partial charge is 0.407 e. The minimum atomic E-state index is -4.32. The largest absolute Gasteiger partial charge is 0.494 e. The van der Waals surface area contributed by atoms with E-state index in [0.29, 0.717) is 24.2 Å². The Morgan fingerprint density at radius 2 is 1.74 bits per heavy atom. The summed E-state index contributed by atoms with van der Waals surface area (Å²) >= 11 is 0. The number of benzene rings is 1. The van der Waals surface area contributed by atoms with Crippen molar-refractivity contribution in [3.8, 4) is 0 Å². The summed E-state index contributed by atoms with van der Waals surface area (Å²) in [6.07, 6.45) is -4.32. The average Bonchev–Trinajstić information content (AvgIpc) is 2.28. The van der Waals surface area contributed by atoms with E-state index in [4.69, 9.17) is 9.31 Å². The van der Waals surface area contributed by atoms with Crippen molar-refractivity contribution in [2.75, 3.05) is 13.2 Å². The second kappa shape index (κ2) is 4.83. The van der Waals surface area contributed by atoms with Crippen LogP contribution in [-0.2, 0) is 15.5 Å². The van der Waals surface area contributed by atoms with Gasteiger partial charge in [-0.25, -0.2) is 0 Å². The van der Waals surface area contributed by atoms with Crippen LogP contribution in [0, 0.1) is 12.3 Å². The summed E-state index contributed by atoms with van der Waals surface area (Å²) in [4.78, 5) is 0. The van der Waals surface area contributed by atoms with Crippen molar-refractivity contribution in [1.82, 2.24) is 0 Å². The summed E-state index contributed by atoms with van der Waals surface area (Å²) in [6, 6.07) is 3.62. The minimum Gasteiger partial charge on any atom is -0.407 e. The van der Waals surface area contributed by atoms with E-state index in [0.717, 1.165) is 12.1 Å². The van der Waals surface area contributed by atoms with E-state index in [2.05, 4.69) is 0 Å². The molecule has 0 unspecified atom stereocenters.